The maximum Gasteiger partial charge on any atom is 0.374 e. The average Bonchev–Trinajstić information content (AvgIpc) is 2.60. The van der Waals surface area contributed by atoms with Crippen LogP contribution in [0.25, 0.3) is 11.0 Å². The number of benzene rings is 1. The van der Waals surface area contributed by atoms with Gasteiger partial charge < -0.3 is 14.1 Å². The van der Waals surface area contributed by atoms with Crippen molar-refractivity contribution < 1.29 is 18.7 Å². The molecular formula is C20H23NO5. The lowest BCUT2D eigenvalue weighted by atomic mass is 9.97. The van der Waals surface area contributed by atoms with Crippen molar-refractivity contribution in [3.63, 3.8) is 0 Å². The molecule has 138 valence electrons. The number of esters is 1. The molecule has 2 atom stereocenters. The molecule has 1 fully saturated rings. The van der Waals surface area contributed by atoms with Crippen molar-refractivity contribution in [2.45, 2.75) is 52.1 Å². The highest BCUT2D eigenvalue weighted by molar-refractivity contribution is 5.90. The highest BCUT2D eigenvalue weighted by Gasteiger charge is 2.29. The lowest BCUT2D eigenvalue weighted by Gasteiger charge is -2.38. The molecule has 0 radical (unpaired) electrons. The number of amides is 1. The van der Waals surface area contributed by atoms with Gasteiger partial charge in [-0.25, -0.2) is 4.79 Å². The Kier molecular flexibility index (Phi) is 5.11. The molecule has 1 aliphatic rings. The van der Waals surface area contributed by atoms with E-state index in [1.54, 1.807) is 23.1 Å². The molecule has 0 bridgehead atoms. The molecule has 1 aliphatic heterocycles. The zero-order valence-electron chi connectivity index (χ0n) is 15.3. The summed E-state index contributed by atoms with van der Waals surface area (Å²) in [6, 6.07) is 6.52. The van der Waals surface area contributed by atoms with Gasteiger partial charge in [-0.1, -0.05) is 11.6 Å². The fourth-order valence-electron chi connectivity index (χ4n) is 3.56. The van der Waals surface area contributed by atoms with Crippen molar-refractivity contribution in [3.8, 4) is 0 Å². The van der Waals surface area contributed by atoms with Crippen molar-refractivity contribution in [2.75, 3.05) is 6.61 Å². The van der Waals surface area contributed by atoms with Gasteiger partial charge in [0.05, 0.1) is 5.39 Å². The SMILES string of the molecule is Cc1ccc2oc(C(=O)OCC(=O)N3[C@H](C)CCC[C@@H]3C)cc(=O)c2c1. The number of hydrogen-bond acceptors (Lipinski definition) is 5. The molecule has 2 aromatic rings. The average molecular weight is 357 g/mol. The van der Waals surface area contributed by atoms with Gasteiger partial charge in [-0.3, -0.25) is 9.59 Å². The van der Waals surface area contributed by atoms with Crippen LogP contribution >= 0.6 is 0 Å². The molecule has 3 rings (SSSR count). The normalized spacial score (nSPS) is 20.2. The van der Waals surface area contributed by atoms with E-state index in [1.807, 2.05) is 20.8 Å². The molecule has 6 heteroatoms. The lowest BCUT2D eigenvalue weighted by molar-refractivity contribution is -0.140. The topological polar surface area (TPSA) is 76.8 Å². The molecule has 1 amide bonds. The van der Waals surface area contributed by atoms with Crippen LogP contribution in [0, 0.1) is 6.92 Å². The van der Waals surface area contributed by atoms with E-state index in [2.05, 4.69) is 0 Å². The minimum atomic E-state index is -0.810. The molecule has 0 spiro atoms. The van der Waals surface area contributed by atoms with E-state index < -0.39 is 5.97 Å². The Morgan fingerprint density at radius 1 is 1.19 bits per heavy atom. The first kappa shape index (κ1) is 18.2. The molecule has 0 saturated carbocycles. The fourth-order valence-corrected chi connectivity index (χ4v) is 3.56. The van der Waals surface area contributed by atoms with Gasteiger partial charge in [-0.15, -0.1) is 0 Å². The molecule has 26 heavy (non-hydrogen) atoms. The molecule has 0 N–H and O–H groups in total. The maximum absolute atomic E-state index is 12.4. The molecular weight excluding hydrogens is 334 g/mol. The van der Waals surface area contributed by atoms with Crippen LogP contribution in [0.4, 0.5) is 0 Å². The third-order valence-corrected chi connectivity index (χ3v) is 4.89. The smallest absolute Gasteiger partial charge is 0.374 e. The van der Waals surface area contributed by atoms with Gasteiger partial charge in [0, 0.05) is 18.2 Å². The van der Waals surface area contributed by atoms with Crippen molar-refractivity contribution >= 4 is 22.8 Å². The monoisotopic (exact) mass is 357 g/mol. The van der Waals surface area contributed by atoms with Gasteiger partial charge in [0.1, 0.15) is 5.58 Å². The second-order valence-corrected chi connectivity index (χ2v) is 6.98. The van der Waals surface area contributed by atoms with E-state index in [9.17, 15) is 14.4 Å². The Bertz CT molecular complexity index is 891. The number of hydrogen-bond donors (Lipinski definition) is 0. The Morgan fingerprint density at radius 3 is 2.58 bits per heavy atom. The zero-order valence-corrected chi connectivity index (χ0v) is 15.3. The molecule has 1 aromatic heterocycles. The van der Waals surface area contributed by atoms with Crippen molar-refractivity contribution in [1.29, 1.82) is 0 Å². The molecule has 0 aliphatic carbocycles. The van der Waals surface area contributed by atoms with Crippen LogP contribution in [0.15, 0.2) is 33.5 Å². The second-order valence-electron chi connectivity index (χ2n) is 6.98. The number of aryl methyl sites for hydroxylation is 1. The van der Waals surface area contributed by atoms with Crippen LogP contribution in [-0.2, 0) is 9.53 Å². The van der Waals surface area contributed by atoms with Gasteiger partial charge in [0.2, 0.25) is 5.76 Å². The number of carbonyl (C=O) groups excluding carboxylic acids is 2. The number of nitrogens with zero attached hydrogens (tertiary/aromatic N) is 1. The fraction of sp³-hybridized carbons (Fsp3) is 0.450. The molecule has 1 aromatic carbocycles. The van der Waals surface area contributed by atoms with Crippen LogP contribution < -0.4 is 5.43 Å². The first-order valence-electron chi connectivity index (χ1n) is 8.89. The van der Waals surface area contributed by atoms with E-state index in [4.69, 9.17) is 9.15 Å². The predicted octanol–water partition coefficient (Wildman–Crippen LogP) is 3.05. The minimum absolute atomic E-state index is 0.131. The van der Waals surface area contributed by atoms with Crippen molar-refractivity contribution in [3.05, 3.63) is 45.8 Å². The van der Waals surface area contributed by atoms with E-state index >= 15 is 0 Å². The van der Waals surface area contributed by atoms with Gasteiger partial charge in [0.25, 0.3) is 5.91 Å². The summed E-state index contributed by atoms with van der Waals surface area (Å²) in [7, 11) is 0. The summed E-state index contributed by atoms with van der Waals surface area (Å²) >= 11 is 0. The third-order valence-electron chi connectivity index (χ3n) is 4.89. The van der Waals surface area contributed by atoms with E-state index in [1.165, 1.54) is 0 Å². The largest absolute Gasteiger partial charge is 0.450 e. The van der Waals surface area contributed by atoms with Gasteiger partial charge in [0.15, 0.2) is 12.0 Å². The van der Waals surface area contributed by atoms with Crippen LogP contribution in [0.1, 0.15) is 49.2 Å². The number of fused-ring (bicyclic) bond motifs is 1. The maximum atomic E-state index is 12.4. The van der Waals surface area contributed by atoms with Crippen LogP contribution in [0.3, 0.4) is 0 Å². The number of carbonyl (C=O) groups is 2. The lowest BCUT2D eigenvalue weighted by Crippen LogP contribution is -2.49. The predicted molar refractivity (Wildman–Crippen MR) is 97.1 cm³/mol. The molecule has 0 unspecified atom stereocenters. The summed E-state index contributed by atoms with van der Waals surface area (Å²) < 4.78 is 10.6. The number of likely N-dealkylation sites (tertiary alicyclic amines) is 1. The number of ether oxygens (including phenoxy) is 1. The Morgan fingerprint density at radius 2 is 1.88 bits per heavy atom. The van der Waals surface area contributed by atoms with Gasteiger partial charge in [-0.05, 0) is 52.2 Å². The molecule has 6 nitrogen and oxygen atoms in total. The number of piperidine rings is 1. The van der Waals surface area contributed by atoms with E-state index in [-0.39, 0.29) is 35.8 Å². The first-order chi connectivity index (χ1) is 12.4. The Hall–Kier alpha value is -2.63. The van der Waals surface area contributed by atoms with Crippen LogP contribution in [-0.4, -0.2) is 35.5 Å². The minimum Gasteiger partial charge on any atom is -0.450 e. The third kappa shape index (κ3) is 3.64. The number of rotatable bonds is 3. The summed E-state index contributed by atoms with van der Waals surface area (Å²) in [6.07, 6.45) is 2.99. The quantitative estimate of drug-likeness (QED) is 0.789. The standard InChI is InChI=1S/C20H23NO5/c1-12-7-8-17-15(9-12)16(22)10-18(26-17)20(24)25-11-19(23)21-13(2)5-4-6-14(21)3/h7-10,13-14H,4-6,11H2,1-3H3/t13-,14+. The second kappa shape index (κ2) is 7.32. The summed E-state index contributed by atoms with van der Waals surface area (Å²) in [5.41, 5.74) is 0.932. The van der Waals surface area contributed by atoms with Crippen molar-refractivity contribution in [2.24, 2.45) is 0 Å². The summed E-state index contributed by atoms with van der Waals surface area (Å²) in [5, 5.41) is 0.411. The molecule has 1 saturated heterocycles. The zero-order chi connectivity index (χ0) is 18.8. The summed E-state index contributed by atoms with van der Waals surface area (Å²) in [5.74, 6) is -1.23. The summed E-state index contributed by atoms with van der Waals surface area (Å²) in [6.45, 7) is 5.51. The van der Waals surface area contributed by atoms with Crippen molar-refractivity contribution in [1.82, 2.24) is 4.90 Å². The highest BCUT2D eigenvalue weighted by Crippen LogP contribution is 2.22. The molecule has 2 heterocycles. The van der Waals surface area contributed by atoms with E-state index in [0.29, 0.717) is 11.0 Å². The van der Waals surface area contributed by atoms with Gasteiger partial charge >= 0.3 is 5.97 Å². The highest BCUT2D eigenvalue weighted by atomic mass is 16.5. The Balaban J connectivity index is 1.72. The van der Waals surface area contributed by atoms with E-state index in [0.717, 1.165) is 30.9 Å². The van der Waals surface area contributed by atoms with Crippen LogP contribution in [0.5, 0.6) is 0 Å². The first-order valence-corrected chi connectivity index (χ1v) is 8.89. The summed E-state index contributed by atoms with van der Waals surface area (Å²) in [4.78, 5) is 38.6. The Labute approximate surface area is 151 Å². The van der Waals surface area contributed by atoms with Gasteiger partial charge in [-0.2, -0.15) is 0 Å². The van der Waals surface area contributed by atoms with Crippen LogP contribution in [0.2, 0.25) is 0 Å².